The quantitative estimate of drug-likeness (QED) is 0.271. The third-order valence-electron chi connectivity index (χ3n) is 6.32. The third-order valence-corrected chi connectivity index (χ3v) is 6.32. The van der Waals surface area contributed by atoms with Gasteiger partial charge in [-0.15, -0.1) is 0 Å². The minimum absolute atomic E-state index is 0.0787. The fraction of sp³-hybridized carbons (Fsp3) is 0.310. The number of esters is 1. The molecule has 1 amide bonds. The van der Waals surface area contributed by atoms with Gasteiger partial charge in [-0.25, -0.2) is 4.39 Å². The van der Waals surface area contributed by atoms with Gasteiger partial charge in [0.2, 0.25) is 0 Å². The summed E-state index contributed by atoms with van der Waals surface area (Å²) in [5, 5.41) is 11.7. The molecule has 1 aliphatic rings. The molecule has 40 heavy (non-hydrogen) atoms. The van der Waals surface area contributed by atoms with Crippen LogP contribution >= 0.6 is 0 Å². The number of amides is 1. The topological polar surface area (TPSA) is 150 Å². The number of aliphatic carboxylic acids is 1. The Bertz CT molecular complexity index is 1390. The maximum atomic E-state index is 14.1. The van der Waals surface area contributed by atoms with Gasteiger partial charge in [0.15, 0.2) is 11.6 Å². The number of ether oxygens (including phenoxy) is 3. The molecule has 1 unspecified atom stereocenters. The largest absolute Gasteiger partial charge is 0.494 e. The van der Waals surface area contributed by atoms with Crippen molar-refractivity contribution in [1.29, 1.82) is 0 Å². The number of rotatable bonds is 13. The smallest absolute Gasteiger partial charge is 0.321 e. The molecule has 1 heterocycles. The molecular weight excluding hydrogens is 521 g/mol. The molecule has 1 fully saturated rings. The summed E-state index contributed by atoms with van der Waals surface area (Å²) in [6.07, 6.45) is 3.25. The molecule has 3 aromatic rings. The number of hydrogen-bond acceptors (Lipinski definition) is 8. The zero-order chi connectivity index (χ0) is 28.6. The summed E-state index contributed by atoms with van der Waals surface area (Å²) in [6, 6.07) is 11.6. The number of hydrogen-bond donors (Lipinski definition) is 3. The van der Waals surface area contributed by atoms with Gasteiger partial charge < -0.3 is 30.4 Å². The maximum Gasteiger partial charge on any atom is 0.321 e. The van der Waals surface area contributed by atoms with Crippen LogP contribution in [0.25, 0.3) is 11.3 Å². The van der Waals surface area contributed by atoms with Crippen molar-refractivity contribution < 1.29 is 38.1 Å². The Morgan fingerprint density at radius 2 is 1.93 bits per heavy atom. The minimum atomic E-state index is -1.36. The number of methoxy groups -OCH3 is 1. The number of benzene rings is 2. The lowest BCUT2D eigenvalue weighted by Crippen LogP contribution is -2.33. The van der Waals surface area contributed by atoms with E-state index in [9.17, 15) is 18.8 Å². The first-order valence-corrected chi connectivity index (χ1v) is 12.7. The molecule has 10 nitrogen and oxygen atoms in total. The molecule has 4 rings (SSSR count). The number of carboxylic acids is 1. The fourth-order valence-corrected chi connectivity index (χ4v) is 3.87. The van der Waals surface area contributed by atoms with E-state index in [1.165, 1.54) is 19.2 Å². The monoisotopic (exact) mass is 551 g/mol. The number of pyridine rings is 1. The van der Waals surface area contributed by atoms with E-state index in [1.54, 1.807) is 42.6 Å². The average molecular weight is 552 g/mol. The molecule has 11 heteroatoms. The molecule has 1 aliphatic carbocycles. The molecule has 1 aromatic heterocycles. The van der Waals surface area contributed by atoms with E-state index in [0.717, 1.165) is 12.8 Å². The molecule has 0 bridgehead atoms. The van der Waals surface area contributed by atoms with Crippen LogP contribution in [0.15, 0.2) is 54.7 Å². The molecule has 0 spiro atoms. The zero-order valence-corrected chi connectivity index (χ0v) is 21.9. The van der Waals surface area contributed by atoms with Crippen molar-refractivity contribution in [2.45, 2.75) is 38.5 Å². The predicted molar refractivity (Wildman–Crippen MR) is 142 cm³/mol. The van der Waals surface area contributed by atoms with Crippen molar-refractivity contribution >= 4 is 17.8 Å². The van der Waals surface area contributed by atoms with E-state index in [0.29, 0.717) is 40.7 Å². The number of carbonyl (C=O) groups excluding carboxylic acids is 2. The normalized spacial score (nSPS) is 13.3. The Morgan fingerprint density at radius 3 is 2.62 bits per heavy atom. The van der Waals surface area contributed by atoms with Gasteiger partial charge in [0.25, 0.3) is 5.91 Å². The second-order valence-corrected chi connectivity index (χ2v) is 9.44. The van der Waals surface area contributed by atoms with Crippen molar-refractivity contribution in [3.05, 3.63) is 77.2 Å². The van der Waals surface area contributed by atoms with E-state index in [-0.39, 0.29) is 24.5 Å². The second-order valence-electron chi connectivity index (χ2n) is 9.44. The van der Waals surface area contributed by atoms with Crippen molar-refractivity contribution in [3.8, 4) is 22.8 Å². The van der Waals surface area contributed by atoms with Gasteiger partial charge in [0, 0.05) is 23.9 Å². The van der Waals surface area contributed by atoms with Crippen LogP contribution in [0.3, 0.4) is 0 Å². The number of carbonyl (C=O) groups is 3. The number of nitrogens with two attached hydrogens (primary N) is 1. The van der Waals surface area contributed by atoms with Crippen LogP contribution in [0, 0.1) is 11.7 Å². The van der Waals surface area contributed by atoms with Crippen molar-refractivity contribution in [2.75, 3.05) is 13.7 Å². The number of halogens is 1. The van der Waals surface area contributed by atoms with Gasteiger partial charge in [-0.05, 0) is 60.7 Å². The highest BCUT2D eigenvalue weighted by Gasteiger charge is 2.24. The van der Waals surface area contributed by atoms with Crippen LogP contribution in [0.1, 0.15) is 40.7 Å². The molecule has 1 saturated carbocycles. The lowest BCUT2D eigenvalue weighted by molar-refractivity contribution is -0.149. The second kappa shape index (κ2) is 13.0. The van der Waals surface area contributed by atoms with Crippen LogP contribution < -0.4 is 20.5 Å². The number of nitrogens with one attached hydrogen (secondary N) is 1. The van der Waals surface area contributed by atoms with Gasteiger partial charge in [0.05, 0.1) is 31.4 Å². The highest BCUT2D eigenvalue weighted by molar-refractivity contribution is 5.98. The summed E-state index contributed by atoms with van der Waals surface area (Å²) in [4.78, 5) is 40.7. The number of carboxylic acid groups (broad SMARTS) is 1. The molecule has 210 valence electrons. The zero-order valence-electron chi connectivity index (χ0n) is 21.9. The summed E-state index contributed by atoms with van der Waals surface area (Å²) in [5.41, 5.74) is 7.83. The van der Waals surface area contributed by atoms with E-state index < -0.39 is 36.1 Å². The summed E-state index contributed by atoms with van der Waals surface area (Å²) >= 11 is 0. The minimum Gasteiger partial charge on any atom is -0.494 e. The highest BCUT2D eigenvalue weighted by atomic mass is 19.1. The van der Waals surface area contributed by atoms with Crippen molar-refractivity contribution in [3.63, 3.8) is 0 Å². The maximum absolute atomic E-state index is 14.1. The van der Waals surface area contributed by atoms with Gasteiger partial charge in [0.1, 0.15) is 18.4 Å². The van der Waals surface area contributed by atoms with Crippen LogP contribution in [-0.4, -0.2) is 47.7 Å². The number of aromatic nitrogens is 1. The number of nitrogens with zero attached hydrogens (tertiary/aromatic N) is 1. The third kappa shape index (κ3) is 7.54. The highest BCUT2D eigenvalue weighted by Crippen LogP contribution is 2.32. The Labute approximate surface area is 230 Å². The van der Waals surface area contributed by atoms with Crippen LogP contribution in [-0.2, 0) is 27.5 Å². The summed E-state index contributed by atoms with van der Waals surface area (Å²) in [5.74, 6) is -2.03. The van der Waals surface area contributed by atoms with Gasteiger partial charge in [-0.3, -0.25) is 19.4 Å². The molecule has 4 N–H and O–H groups in total. The lowest BCUT2D eigenvalue weighted by Gasteiger charge is -2.15. The van der Waals surface area contributed by atoms with E-state index in [1.807, 2.05) is 0 Å². The fourth-order valence-electron chi connectivity index (χ4n) is 3.87. The predicted octanol–water partition coefficient (Wildman–Crippen LogP) is 3.46. The Balaban J connectivity index is 1.54. The van der Waals surface area contributed by atoms with Crippen molar-refractivity contribution in [1.82, 2.24) is 10.3 Å². The summed E-state index contributed by atoms with van der Waals surface area (Å²) in [7, 11) is 1.38. The molecular formula is C29H30FN3O7. The molecule has 0 radical (unpaired) electrons. The van der Waals surface area contributed by atoms with Gasteiger partial charge in [-0.2, -0.15) is 0 Å². The summed E-state index contributed by atoms with van der Waals surface area (Å²) in [6.45, 7) is 0.404. The Morgan fingerprint density at radius 1 is 1.15 bits per heavy atom. The molecule has 0 saturated heterocycles. The van der Waals surface area contributed by atoms with Crippen molar-refractivity contribution in [2.24, 2.45) is 11.7 Å². The van der Waals surface area contributed by atoms with E-state index in [2.05, 4.69) is 10.3 Å². The van der Waals surface area contributed by atoms with Crippen LogP contribution in [0.5, 0.6) is 11.5 Å². The Kier molecular flexibility index (Phi) is 9.28. The first kappa shape index (κ1) is 28.5. The van der Waals surface area contributed by atoms with Gasteiger partial charge >= 0.3 is 11.9 Å². The van der Waals surface area contributed by atoms with E-state index in [4.69, 9.17) is 25.1 Å². The molecule has 1 atom stereocenters. The van der Waals surface area contributed by atoms with Gasteiger partial charge in [-0.1, -0.05) is 12.1 Å². The standard InChI is InChI=1S/C29H30FN3O7/c1-38-25-8-6-18(11-22(25)30)14-33-28(35)21-12-19(7-9-24(21)39-15-17-4-5-17)27-20(3-2-10-32-27)16-40-26(34)13-23(31)29(36)37/h2-3,6-12,17,23H,4-5,13-16,31H2,1H3,(H,33,35)(H,36,37). The first-order chi connectivity index (χ1) is 19.2. The SMILES string of the molecule is COc1ccc(CNC(=O)c2cc(-c3ncccc3COC(=O)CC(N)C(=O)O)ccc2OCC2CC2)cc1F. The first-order valence-electron chi connectivity index (χ1n) is 12.7. The van der Waals surface area contributed by atoms with Crippen LogP contribution in [0.4, 0.5) is 4.39 Å². The van der Waals surface area contributed by atoms with E-state index >= 15 is 0 Å². The molecule has 0 aliphatic heterocycles. The lowest BCUT2D eigenvalue weighted by atomic mass is 10.0. The average Bonchev–Trinajstić information content (AvgIpc) is 3.78. The Hall–Kier alpha value is -4.51. The summed E-state index contributed by atoms with van der Waals surface area (Å²) < 4.78 is 30.2. The molecule has 2 aromatic carbocycles. The van der Waals surface area contributed by atoms with Crippen LogP contribution in [0.2, 0.25) is 0 Å².